The Bertz CT molecular complexity index is 199. The predicted molar refractivity (Wildman–Crippen MR) is 85.4 cm³/mol. The van der Waals surface area contributed by atoms with Crippen LogP contribution in [0, 0.1) is 0 Å². The molecule has 0 aliphatic carbocycles. The van der Waals surface area contributed by atoms with Gasteiger partial charge in [-0.2, -0.15) is 0 Å². The van der Waals surface area contributed by atoms with Crippen molar-refractivity contribution in [1.82, 2.24) is 10.2 Å². The van der Waals surface area contributed by atoms with E-state index in [1.807, 2.05) is 0 Å². The number of nitrogens with zero attached hydrogens (tertiary/aromatic N) is 1. The average molecular weight is 270 g/mol. The lowest BCUT2D eigenvalue weighted by Crippen LogP contribution is -2.25. The summed E-state index contributed by atoms with van der Waals surface area (Å²) in [7, 11) is 1.79. The van der Waals surface area contributed by atoms with E-state index in [1.54, 1.807) is 11.9 Å². The minimum atomic E-state index is 0.00782. The number of rotatable bonds is 10. The Morgan fingerprint density at radius 2 is 1.53 bits per heavy atom. The van der Waals surface area contributed by atoms with Crippen molar-refractivity contribution in [3.63, 3.8) is 0 Å². The lowest BCUT2D eigenvalue weighted by atomic mass is 10.3. The molecule has 0 unspecified atom stereocenters. The molecule has 1 N–H and O–H groups in total. The standard InChI is InChI=1S/C8H15NO.C8H19N/c1-4-6-7-9(3)8(10)5-2;1-3-5-7-9-8-6-4-2/h5H,2,4,6-7H2,1,3H3;9H,3-8H2,1-2H3. The third-order valence-electron chi connectivity index (χ3n) is 2.81. The quantitative estimate of drug-likeness (QED) is 0.486. The molecular formula is C16H34N2O. The van der Waals surface area contributed by atoms with Gasteiger partial charge in [-0.1, -0.05) is 46.6 Å². The van der Waals surface area contributed by atoms with Gasteiger partial charge in [0.25, 0.3) is 0 Å². The number of amides is 1. The molecule has 0 saturated carbocycles. The Morgan fingerprint density at radius 1 is 1.05 bits per heavy atom. The fourth-order valence-corrected chi connectivity index (χ4v) is 1.39. The SMILES string of the molecule is C=CC(=O)N(C)CCCC.CCCCNCCCC. The van der Waals surface area contributed by atoms with Crippen LogP contribution in [0.4, 0.5) is 0 Å². The maximum Gasteiger partial charge on any atom is 0.245 e. The Balaban J connectivity index is 0. The van der Waals surface area contributed by atoms with Crippen molar-refractivity contribution in [3.8, 4) is 0 Å². The van der Waals surface area contributed by atoms with Crippen molar-refractivity contribution in [1.29, 1.82) is 0 Å². The van der Waals surface area contributed by atoms with Gasteiger partial charge >= 0.3 is 0 Å². The van der Waals surface area contributed by atoms with Gasteiger partial charge in [0.15, 0.2) is 0 Å². The minimum Gasteiger partial charge on any atom is -0.342 e. The zero-order valence-electron chi connectivity index (χ0n) is 13.5. The van der Waals surface area contributed by atoms with Gasteiger partial charge in [0.1, 0.15) is 0 Å². The van der Waals surface area contributed by atoms with E-state index in [4.69, 9.17) is 0 Å². The Morgan fingerprint density at radius 3 is 1.89 bits per heavy atom. The van der Waals surface area contributed by atoms with Gasteiger partial charge in [-0.3, -0.25) is 4.79 Å². The predicted octanol–water partition coefficient (Wildman–Crippen LogP) is 3.61. The first kappa shape index (κ1) is 20.5. The van der Waals surface area contributed by atoms with E-state index in [2.05, 4.69) is 32.7 Å². The smallest absolute Gasteiger partial charge is 0.245 e. The van der Waals surface area contributed by atoms with Crippen LogP contribution in [-0.4, -0.2) is 37.5 Å². The second kappa shape index (κ2) is 17.2. The second-order valence-electron chi connectivity index (χ2n) is 4.77. The maximum atomic E-state index is 10.8. The normalized spacial score (nSPS) is 9.47. The van der Waals surface area contributed by atoms with Crippen LogP contribution in [0.1, 0.15) is 59.3 Å². The van der Waals surface area contributed by atoms with E-state index in [9.17, 15) is 4.79 Å². The molecule has 19 heavy (non-hydrogen) atoms. The summed E-state index contributed by atoms with van der Waals surface area (Å²) in [5.74, 6) is 0.00782. The lowest BCUT2D eigenvalue weighted by Gasteiger charge is -2.13. The molecule has 1 amide bonds. The summed E-state index contributed by atoms with van der Waals surface area (Å²) in [6.45, 7) is 13.2. The van der Waals surface area contributed by atoms with Crippen LogP contribution in [-0.2, 0) is 4.79 Å². The Kier molecular flexibility index (Phi) is 18.5. The van der Waals surface area contributed by atoms with Crippen molar-refractivity contribution in [2.45, 2.75) is 59.3 Å². The molecule has 114 valence electrons. The third-order valence-corrected chi connectivity index (χ3v) is 2.81. The van der Waals surface area contributed by atoms with Gasteiger partial charge in [-0.25, -0.2) is 0 Å². The van der Waals surface area contributed by atoms with E-state index >= 15 is 0 Å². The number of carbonyl (C=O) groups excluding carboxylic acids is 1. The molecule has 0 aliphatic rings. The van der Waals surface area contributed by atoms with E-state index in [0.29, 0.717) is 0 Å². The van der Waals surface area contributed by atoms with Gasteiger partial charge in [0, 0.05) is 13.6 Å². The van der Waals surface area contributed by atoms with Gasteiger partial charge in [-0.15, -0.1) is 0 Å². The lowest BCUT2D eigenvalue weighted by molar-refractivity contribution is -0.124. The molecule has 0 heterocycles. The summed E-state index contributed by atoms with van der Waals surface area (Å²) in [6.07, 6.45) is 8.78. The molecule has 0 bridgehead atoms. The molecule has 0 aliphatic heterocycles. The van der Waals surface area contributed by atoms with Crippen LogP contribution in [0.15, 0.2) is 12.7 Å². The molecule has 0 saturated heterocycles. The molecule has 0 fully saturated rings. The van der Waals surface area contributed by atoms with Crippen LogP contribution in [0.2, 0.25) is 0 Å². The first-order valence-corrected chi connectivity index (χ1v) is 7.72. The summed E-state index contributed by atoms with van der Waals surface area (Å²) in [6, 6.07) is 0. The summed E-state index contributed by atoms with van der Waals surface area (Å²) in [5.41, 5.74) is 0. The van der Waals surface area contributed by atoms with E-state index in [1.165, 1.54) is 44.8 Å². The molecule has 3 heteroatoms. The number of hydrogen-bond donors (Lipinski definition) is 1. The molecule has 3 nitrogen and oxygen atoms in total. The van der Waals surface area contributed by atoms with Gasteiger partial charge in [-0.05, 0) is 38.4 Å². The molecule has 0 aromatic carbocycles. The molecular weight excluding hydrogens is 236 g/mol. The van der Waals surface area contributed by atoms with Crippen LogP contribution in [0.25, 0.3) is 0 Å². The molecule has 0 rings (SSSR count). The Hall–Kier alpha value is -0.830. The van der Waals surface area contributed by atoms with E-state index in [0.717, 1.165) is 19.4 Å². The van der Waals surface area contributed by atoms with Gasteiger partial charge in [0.05, 0.1) is 0 Å². The van der Waals surface area contributed by atoms with Crippen molar-refractivity contribution in [2.24, 2.45) is 0 Å². The van der Waals surface area contributed by atoms with Crippen LogP contribution < -0.4 is 5.32 Å². The summed E-state index contributed by atoms with van der Waals surface area (Å²) in [5, 5.41) is 3.39. The first-order valence-electron chi connectivity index (χ1n) is 7.72. The molecule has 0 aromatic heterocycles. The van der Waals surface area contributed by atoms with Gasteiger partial charge in [0.2, 0.25) is 5.91 Å². The van der Waals surface area contributed by atoms with Crippen molar-refractivity contribution < 1.29 is 4.79 Å². The number of hydrogen-bond acceptors (Lipinski definition) is 2. The zero-order chi connectivity index (χ0) is 14.9. The molecule has 0 spiro atoms. The van der Waals surface area contributed by atoms with Crippen LogP contribution in [0.5, 0.6) is 0 Å². The maximum absolute atomic E-state index is 10.8. The van der Waals surface area contributed by atoms with Crippen LogP contribution >= 0.6 is 0 Å². The summed E-state index contributed by atoms with van der Waals surface area (Å²) >= 11 is 0. The highest BCUT2D eigenvalue weighted by Gasteiger charge is 2.00. The monoisotopic (exact) mass is 270 g/mol. The topological polar surface area (TPSA) is 32.3 Å². The number of nitrogens with one attached hydrogen (secondary N) is 1. The zero-order valence-corrected chi connectivity index (χ0v) is 13.5. The Labute approximate surface area is 120 Å². The molecule has 0 radical (unpaired) electrons. The average Bonchev–Trinajstić information content (AvgIpc) is 2.44. The van der Waals surface area contributed by atoms with Crippen molar-refractivity contribution in [3.05, 3.63) is 12.7 Å². The fourth-order valence-electron chi connectivity index (χ4n) is 1.39. The third kappa shape index (κ3) is 17.2. The number of carbonyl (C=O) groups is 1. The molecule has 0 atom stereocenters. The highest BCUT2D eigenvalue weighted by Crippen LogP contribution is 1.92. The van der Waals surface area contributed by atoms with E-state index < -0.39 is 0 Å². The largest absolute Gasteiger partial charge is 0.342 e. The van der Waals surface area contributed by atoms with Gasteiger partial charge < -0.3 is 10.2 Å². The number of unbranched alkanes of at least 4 members (excludes halogenated alkanes) is 3. The van der Waals surface area contributed by atoms with E-state index in [-0.39, 0.29) is 5.91 Å². The minimum absolute atomic E-state index is 0.00782. The first-order chi connectivity index (χ1) is 9.13. The summed E-state index contributed by atoms with van der Waals surface area (Å²) < 4.78 is 0. The van der Waals surface area contributed by atoms with Crippen molar-refractivity contribution in [2.75, 3.05) is 26.7 Å². The fraction of sp³-hybridized carbons (Fsp3) is 0.812. The summed E-state index contributed by atoms with van der Waals surface area (Å²) in [4.78, 5) is 12.5. The van der Waals surface area contributed by atoms with Crippen LogP contribution in [0.3, 0.4) is 0 Å². The highest BCUT2D eigenvalue weighted by molar-refractivity contribution is 5.86. The molecule has 0 aromatic rings. The second-order valence-corrected chi connectivity index (χ2v) is 4.77. The number of likely N-dealkylation sites (N-methyl/N-ethyl adjacent to an activating group) is 1. The highest BCUT2D eigenvalue weighted by atomic mass is 16.2. The van der Waals surface area contributed by atoms with Crippen molar-refractivity contribution >= 4 is 5.91 Å².